The molecule has 2 aromatic rings. The zero-order chi connectivity index (χ0) is 17.0. The van der Waals surface area contributed by atoms with Crippen molar-refractivity contribution in [2.75, 3.05) is 12.3 Å². The number of aryl methyl sites for hydroxylation is 1. The highest BCUT2D eigenvalue weighted by atomic mass is 32.1. The maximum atomic E-state index is 13.0. The van der Waals surface area contributed by atoms with Crippen LogP contribution in [0.25, 0.3) is 10.4 Å². The van der Waals surface area contributed by atoms with Gasteiger partial charge in [0.1, 0.15) is 11.7 Å². The van der Waals surface area contributed by atoms with Crippen LogP contribution in [0.15, 0.2) is 24.3 Å². The molecular formula is C17H18N4O2S. The number of hydrogen-bond acceptors (Lipinski definition) is 5. The van der Waals surface area contributed by atoms with E-state index in [1.54, 1.807) is 4.90 Å². The van der Waals surface area contributed by atoms with E-state index in [1.165, 1.54) is 11.3 Å². The first-order valence-electron chi connectivity index (χ1n) is 7.89. The molecule has 4 rings (SSSR count). The van der Waals surface area contributed by atoms with E-state index in [9.17, 15) is 9.59 Å². The number of hydrogen-bond donors (Lipinski definition) is 2. The number of thiazole rings is 1. The Morgan fingerprint density at radius 3 is 2.88 bits per heavy atom. The molecular weight excluding hydrogens is 324 g/mol. The number of carbonyl (C=O) groups is 2. The summed E-state index contributed by atoms with van der Waals surface area (Å²) in [5.41, 5.74) is 13.7. The number of amides is 2. The van der Waals surface area contributed by atoms with E-state index in [1.807, 2.05) is 31.2 Å². The minimum absolute atomic E-state index is 0.213. The Balaban J connectivity index is 1.72. The lowest BCUT2D eigenvalue weighted by atomic mass is 10.1. The number of nitrogens with two attached hydrogens (primary N) is 2. The largest absolute Gasteiger partial charge is 0.375 e. The Hall–Kier alpha value is -2.41. The van der Waals surface area contributed by atoms with Gasteiger partial charge in [0.2, 0.25) is 5.91 Å². The van der Waals surface area contributed by atoms with Crippen molar-refractivity contribution in [2.45, 2.75) is 19.4 Å². The number of piperidine rings is 1. The molecule has 3 atom stereocenters. The van der Waals surface area contributed by atoms with Crippen LogP contribution in [0, 0.1) is 18.8 Å². The van der Waals surface area contributed by atoms with Crippen LogP contribution < -0.4 is 11.5 Å². The summed E-state index contributed by atoms with van der Waals surface area (Å²) in [6.07, 6.45) is 0.974. The first kappa shape index (κ1) is 15.1. The van der Waals surface area contributed by atoms with Crippen LogP contribution in [0.3, 0.4) is 0 Å². The van der Waals surface area contributed by atoms with E-state index >= 15 is 0 Å². The summed E-state index contributed by atoms with van der Waals surface area (Å²) in [4.78, 5) is 31.4. The second-order valence-corrected chi connectivity index (χ2v) is 7.59. The lowest BCUT2D eigenvalue weighted by Crippen LogP contribution is -2.46. The molecule has 1 saturated heterocycles. The van der Waals surface area contributed by atoms with E-state index in [0.717, 1.165) is 22.4 Å². The van der Waals surface area contributed by atoms with Gasteiger partial charge in [0, 0.05) is 6.54 Å². The maximum absolute atomic E-state index is 13.0. The van der Waals surface area contributed by atoms with Crippen LogP contribution in [0.5, 0.6) is 0 Å². The molecule has 2 amide bonds. The molecule has 4 N–H and O–H groups in total. The van der Waals surface area contributed by atoms with Crippen molar-refractivity contribution in [3.8, 4) is 10.4 Å². The summed E-state index contributed by atoms with van der Waals surface area (Å²) in [5, 5.41) is 0.342. The molecule has 24 heavy (non-hydrogen) atoms. The summed E-state index contributed by atoms with van der Waals surface area (Å²) < 4.78 is 0. The number of nitrogen functional groups attached to an aromatic ring is 1. The first-order valence-corrected chi connectivity index (χ1v) is 8.71. The van der Waals surface area contributed by atoms with Gasteiger partial charge in [-0.1, -0.05) is 41.2 Å². The van der Waals surface area contributed by atoms with Crippen LogP contribution >= 0.6 is 11.3 Å². The van der Waals surface area contributed by atoms with Crippen molar-refractivity contribution < 1.29 is 9.59 Å². The molecule has 1 aromatic heterocycles. The van der Waals surface area contributed by atoms with Crippen molar-refractivity contribution in [3.63, 3.8) is 0 Å². The summed E-state index contributed by atoms with van der Waals surface area (Å²) >= 11 is 1.29. The second-order valence-electron chi connectivity index (χ2n) is 6.56. The van der Waals surface area contributed by atoms with Gasteiger partial charge in [-0.2, -0.15) is 0 Å². The Morgan fingerprint density at radius 1 is 1.38 bits per heavy atom. The number of likely N-dealkylation sites (tertiary alicyclic amines) is 1. The third-order valence-electron chi connectivity index (χ3n) is 4.83. The minimum atomic E-state index is -0.518. The monoisotopic (exact) mass is 342 g/mol. The lowest BCUT2D eigenvalue weighted by Gasteiger charge is -2.24. The summed E-state index contributed by atoms with van der Waals surface area (Å²) in [6, 6.07) is 7.34. The SMILES string of the molecule is Cc1cccc(-c2sc(N)nc2C(=O)N2C[C@H]3C[C@H]3[C@H]2C(N)=O)c1. The van der Waals surface area contributed by atoms with E-state index in [-0.39, 0.29) is 11.8 Å². The molecule has 1 aliphatic carbocycles. The predicted molar refractivity (Wildman–Crippen MR) is 92.3 cm³/mol. The van der Waals surface area contributed by atoms with Crippen molar-refractivity contribution in [1.82, 2.24) is 9.88 Å². The number of nitrogens with zero attached hydrogens (tertiary/aromatic N) is 2. The smallest absolute Gasteiger partial charge is 0.274 e. The highest BCUT2D eigenvalue weighted by molar-refractivity contribution is 7.19. The van der Waals surface area contributed by atoms with Crippen LogP contribution in [-0.4, -0.2) is 34.3 Å². The number of fused-ring (bicyclic) bond motifs is 1. The fraction of sp³-hybridized carbons (Fsp3) is 0.353. The number of carbonyl (C=O) groups excluding carboxylic acids is 2. The predicted octanol–water partition coefficient (Wildman–Crippen LogP) is 1.65. The quantitative estimate of drug-likeness (QED) is 0.885. The molecule has 1 saturated carbocycles. The van der Waals surface area contributed by atoms with Crippen molar-refractivity contribution in [2.24, 2.45) is 17.6 Å². The van der Waals surface area contributed by atoms with Crippen molar-refractivity contribution in [3.05, 3.63) is 35.5 Å². The summed E-state index contributed by atoms with van der Waals surface area (Å²) in [5.74, 6) is -0.0844. The molecule has 0 spiro atoms. The van der Waals surface area contributed by atoms with Crippen LogP contribution in [0.4, 0.5) is 5.13 Å². The number of primary amides is 1. The van der Waals surface area contributed by atoms with Gasteiger partial charge >= 0.3 is 0 Å². The zero-order valence-corrected chi connectivity index (χ0v) is 14.0. The average Bonchev–Trinajstić information content (AvgIpc) is 3.01. The molecule has 6 nitrogen and oxygen atoms in total. The van der Waals surface area contributed by atoms with Crippen LogP contribution in [0.1, 0.15) is 22.5 Å². The van der Waals surface area contributed by atoms with E-state index in [4.69, 9.17) is 11.5 Å². The molecule has 2 aliphatic rings. The van der Waals surface area contributed by atoms with Gasteiger partial charge in [-0.3, -0.25) is 9.59 Å². The third kappa shape index (κ3) is 2.36. The van der Waals surface area contributed by atoms with Crippen LogP contribution in [-0.2, 0) is 4.79 Å². The molecule has 0 radical (unpaired) electrons. The molecule has 0 unspecified atom stereocenters. The summed E-state index contributed by atoms with van der Waals surface area (Å²) in [7, 11) is 0. The van der Waals surface area contributed by atoms with Crippen molar-refractivity contribution in [1.29, 1.82) is 0 Å². The normalized spacial score (nSPS) is 24.7. The fourth-order valence-corrected chi connectivity index (χ4v) is 4.46. The van der Waals surface area contributed by atoms with E-state index in [0.29, 0.717) is 23.3 Å². The van der Waals surface area contributed by atoms with Crippen molar-refractivity contribution >= 4 is 28.3 Å². The lowest BCUT2D eigenvalue weighted by molar-refractivity contribution is -0.122. The fourth-order valence-electron chi connectivity index (χ4n) is 3.64. The van der Waals surface area contributed by atoms with Crippen LogP contribution in [0.2, 0.25) is 0 Å². The van der Waals surface area contributed by atoms with Gasteiger partial charge in [-0.25, -0.2) is 4.98 Å². The number of aromatic nitrogens is 1. The van der Waals surface area contributed by atoms with E-state index in [2.05, 4.69) is 4.98 Å². The second kappa shape index (κ2) is 5.31. The highest BCUT2D eigenvalue weighted by Gasteiger charge is 2.56. The minimum Gasteiger partial charge on any atom is -0.375 e. The van der Waals surface area contributed by atoms with Gasteiger partial charge in [0.05, 0.1) is 4.88 Å². The third-order valence-corrected chi connectivity index (χ3v) is 5.76. The molecule has 1 aliphatic heterocycles. The molecule has 1 aromatic carbocycles. The standard InChI is InChI=1S/C17H18N4O2S/c1-8-3-2-4-9(5-8)14-12(20-17(19)24-14)16(23)21-7-10-6-11(10)13(21)15(18)22/h2-5,10-11,13H,6-7H2,1H3,(H2,18,22)(H2,19,20)/t10-,11-,13+/m1/s1. The molecule has 2 heterocycles. The number of benzene rings is 1. The van der Waals surface area contributed by atoms with E-state index < -0.39 is 11.9 Å². The molecule has 0 bridgehead atoms. The zero-order valence-electron chi connectivity index (χ0n) is 13.2. The molecule has 7 heteroatoms. The number of anilines is 1. The molecule has 124 valence electrons. The summed E-state index contributed by atoms with van der Waals surface area (Å²) in [6.45, 7) is 2.56. The van der Waals surface area contributed by atoms with Gasteiger partial charge < -0.3 is 16.4 Å². The maximum Gasteiger partial charge on any atom is 0.274 e. The van der Waals surface area contributed by atoms with Gasteiger partial charge in [0.15, 0.2) is 5.13 Å². The number of rotatable bonds is 3. The Morgan fingerprint density at radius 2 is 2.17 bits per heavy atom. The van der Waals surface area contributed by atoms with Gasteiger partial charge in [-0.05, 0) is 30.7 Å². The Bertz CT molecular complexity index is 847. The highest BCUT2D eigenvalue weighted by Crippen LogP contribution is 2.50. The average molecular weight is 342 g/mol. The van der Waals surface area contributed by atoms with Gasteiger partial charge in [-0.15, -0.1) is 0 Å². The molecule has 2 fully saturated rings. The van der Waals surface area contributed by atoms with Gasteiger partial charge in [0.25, 0.3) is 5.91 Å². The first-order chi connectivity index (χ1) is 11.5. The topological polar surface area (TPSA) is 102 Å². The Kier molecular flexibility index (Phi) is 3.35. The Labute approximate surface area is 143 Å².